The molecule has 0 fully saturated rings. The Bertz CT molecular complexity index is 520. The number of carboxylic acids is 1. The molecule has 6 heteroatoms. The zero-order valence-corrected chi connectivity index (χ0v) is 12.5. The molecule has 0 aliphatic heterocycles. The topological polar surface area (TPSA) is 69.6 Å². The van der Waals surface area contributed by atoms with E-state index in [4.69, 9.17) is 5.11 Å². The van der Waals surface area contributed by atoms with Gasteiger partial charge in [-0.2, -0.15) is 0 Å². The van der Waals surface area contributed by atoms with Crippen molar-refractivity contribution in [2.24, 2.45) is 5.92 Å². The molecule has 0 spiro atoms. The summed E-state index contributed by atoms with van der Waals surface area (Å²) < 4.78 is 13.5. The summed E-state index contributed by atoms with van der Waals surface area (Å²) in [4.78, 5) is 23.8. The van der Waals surface area contributed by atoms with Gasteiger partial charge in [-0.05, 0) is 25.0 Å². The summed E-state index contributed by atoms with van der Waals surface area (Å²) in [6, 6.07) is 4.49. The Morgan fingerprint density at radius 2 is 2.10 bits per heavy atom. The second kappa shape index (κ2) is 7.61. The Hall–Kier alpha value is -2.11. The average molecular weight is 296 g/mol. The fourth-order valence-corrected chi connectivity index (χ4v) is 1.91. The summed E-state index contributed by atoms with van der Waals surface area (Å²) in [5.74, 6) is -1.87. The van der Waals surface area contributed by atoms with Crippen molar-refractivity contribution in [2.75, 3.05) is 20.1 Å². The molecule has 1 aromatic carbocycles. The predicted molar refractivity (Wildman–Crippen MR) is 77.7 cm³/mol. The highest BCUT2D eigenvalue weighted by molar-refractivity contribution is 5.75. The van der Waals surface area contributed by atoms with E-state index in [9.17, 15) is 14.0 Å². The lowest BCUT2D eigenvalue weighted by Crippen LogP contribution is -2.41. The van der Waals surface area contributed by atoms with Crippen molar-refractivity contribution in [1.29, 1.82) is 0 Å². The van der Waals surface area contributed by atoms with Gasteiger partial charge in [0, 0.05) is 20.1 Å². The quantitative estimate of drug-likeness (QED) is 0.844. The van der Waals surface area contributed by atoms with Crippen LogP contribution in [0.4, 0.5) is 9.18 Å². The van der Waals surface area contributed by atoms with E-state index in [2.05, 4.69) is 5.32 Å². The Morgan fingerprint density at radius 3 is 2.71 bits per heavy atom. The number of urea groups is 1. The molecule has 0 aliphatic rings. The van der Waals surface area contributed by atoms with Gasteiger partial charge in [0.15, 0.2) is 0 Å². The van der Waals surface area contributed by atoms with Crippen LogP contribution in [0.25, 0.3) is 0 Å². The molecule has 0 saturated carbocycles. The number of carbonyl (C=O) groups excluding carboxylic acids is 1. The van der Waals surface area contributed by atoms with Gasteiger partial charge in [0.05, 0.1) is 5.92 Å². The van der Waals surface area contributed by atoms with Crippen LogP contribution in [0.1, 0.15) is 18.1 Å². The van der Waals surface area contributed by atoms with Crippen LogP contribution in [0.5, 0.6) is 0 Å². The molecular weight excluding hydrogens is 275 g/mol. The number of carboxylic acid groups (broad SMARTS) is 1. The molecule has 0 bridgehead atoms. The number of hydrogen-bond donors (Lipinski definition) is 2. The van der Waals surface area contributed by atoms with Crippen LogP contribution >= 0.6 is 0 Å². The minimum Gasteiger partial charge on any atom is -0.481 e. The molecule has 2 amide bonds. The van der Waals surface area contributed by atoms with Gasteiger partial charge >= 0.3 is 12.0 Å². The number of rotatable bonds is 6. The Kier molecular flexibility index (Phi) is 6.14. The Morgan fingerprint density at radius 1 is 1.43 bits per heavy atom. The Balaban J connectivity index is 2.43. The monoisotopic (exact) mass is 296 g/mol. The van der Waals surface area contributed by atoms with E-state index in [0.717, 1.165) is 5.56 Å². The summed E-state index contributed by atoms with van der Waals surface area (Å²) in [5.41, 5.74) is 1.52. The second-order valence-corrected chi connectivity index (χ2v) is 5.20. The van der Waals surface area contributed by atoms with Crippen LogP contribution in [0.3, 0.4) is 0 Å². The van der Waals surface area contributed by atoms with Gasteiger partial charge in [-0.3, -0.25) is 4.79 Å². The Labute approximate surface area is 123 Å². The molecule has 0 heterocycles. The molecule has 116 valence electrons. The van der Waals surface area contributed by atoms with Gasteiger partial charge in [-0.15, -0.1) is 0 Å². The molecule has 2 N–H and O–H groups in total. The number of nitrogens with zero attached hydrogens (tertiary/aromatic N) is 1. The average Bonchev–Trinajstić information content (AvgIpc) is 2.42. The zero-order chi connectivity index (χ0) is 16.0. The highest BCUT2D eigenvalue weighted by atomic mass is 19.1. The molecule has 1 unspecified atom stereocenters. The van der Waals surface area contributed by atoms with Gasteiger partial charge in [0.2, 0.25) is 0 Å². The minimum atomic E-state index is -0.948. The van der Waals surface area contributed by atoms with Crippen LogP contribution in [-0.2, 0) is 11.2 Å². The first-order chi connectivity index (χ1) is 9.81. The first kappa shape index (κ1) is 16.9. The normalized spacial score (nSPS) is 11.8. The standard InChI is InChI=1S/C15H21FN2O3/c1-10-4-5-13(16)12(8-10)6-7-17-15(21)18(3)9-11(2)14(19)20/h4-5,8,11H,6-7,9H2,1-3H3,(H,17,21)(H,19,20). The van der Waals surface area contributed by atoms with E-state index in [-0.39, 0.29) is 18.4 Å². The summed E-state index contributed by atoms with van der Waals surface area (Å²) in [7, 11) is 1.53. The fourth-order valence-electron chi connectivity index (χ4n) is 1.91. The first-order valence-corrected chi connectivity index (χ1v) is 6.78. The predicted octanol–water partition coefficient (Wildman–Crippen LogP) is 2.04. The highest BCUT2D eigenvalue weighted by Gasteiger charge is 2.17. The van der Waals surface area contributed by atoms with E-state index in [1.165, 1.54) is 24.9 Å². The van der Waals surface area contributed by atoms with Crippen molar-refractivity contribution in [3.63, 3.8) is 0 Å². The molecule has 0 saturated heterocycles. The molecule has 0 aromatic heterocycles. The summed E-state index contributed by atoms with van der Waals surface area (Å²) in [6.07, 6.45) is 0.390. The van der Waals surface area contributed by atoms with E-state index < -0.39 is 11.9 Å². The van der Waals surface area contributed by atoms with E-state index in [0.29, 0.717) is 18.5 Å². The van der Waals surface area contributed by atoms with Crippen molar-refractivity contribution in [1.82, 2.24) is 10.2 Å². The van der Waals surface area contributed by atoms with Crippen LogP contribution in [0.15, 0.2) is 18.2 Å². The number of carbonyl (C=O) groups is 2. The first-order valence-electron chi connectivity index (χ1n) is 6.78. The summed E-state index contributed by atoms with van der Waals surface area (Å²) in [6.45, 7) is 3.84. The zero-order valence-electron chi connectivity index (χ0n) is 12.5. The second-order valence-electron chi connectivity index (χ2n) is 5.20. The maximum atomic E-state index is 13.5. The third kappa shape index (κ3) is 5.41. The highest BCUT2D eigenvalue weighted by Crippen LogP contribution is 2.10. The number of hydrogen-bond acceptors (Lipinski definition) is 2. The van der Waals surface area contributed by atoms with Crippen molar-refractivity contribution in [2.45, 2.75) is 20.3 Å². The molecular formula is C15H21FN2O3. The lowest BCUT2D eigenvalue weighted by Gasteiger charge is -2.20. The van der Waals surface area contributed by atoms with Gasteiger partial charge in [0.1, 0.15) is 5.82 Å². The molecule has 1 atom stereocenters. The van der Waals surface area contributed by atoms with Gasteiger partial charge < -0.3 is 15.3 Å². The van der Waals surface area contributed by atoms with Crippen molar-refractivity contribution >= 4 is 12.0 Å². The summed E-state index contributed by atoms with van der Waals surface area (Å²) >= 11 is 0. The van der Waals surface area contributed by atoms with Crippen LogP contribution in [-0.4, -0.2) is 42.1 Å². The van der Waals surface area contributed by atoms with Crippen molar-refractivity contribution in [3.8, 4) is 0 Å². The molecule has 0 aliphatic carbocycles. The van der Waals surface area contributed by atoms with Gasteiger partial charge in [-0.25, -0.2) is 9.18 Å². The lowest BCUT2D eigenvalue weighted by atomic mass is 10.1. The smallest absolute Gasteiger partial charge is 0.317 e. The number of aryl methyl sites for hydroxylation is 1. The van der Waals surface area contributed by atoms with E-state index in [1.807, 2.05) is 6.92 Å². The minimum absolute atomic E-state index is 0.125. The maximum absolute atomic E-state index is 13.5. The third-order valence-corrected chi connectivity index (χ3v) is 3.19. The number of aliphatic carboxylic acids is 1. The molecule has 1 aromatic rings. The van der Waals surface area contributed by atoms with Crippen LogP contribution < -0.4 is 5.32 Å². The SMILES string of the molecule is Cc1ccc(F)c(CCNC(=O)N(C)CC(C)C(=O)O)c1. The molecule has 0 radical (unpaired) electrons. The van der Waals surface area contributed by atoms with Gasteiger partial charge in [0.25, 0.3) is 0 Å². The number of halogens is 1. The lowest BCUT2D eigenvalue weighted by molar-refractivity contribution is -0.141. The van der Waals surface area contributed by atoms with Gasteiger partial charge in [-0.1, -0.05) is 24.6 Å². The summed E-state index contributed by atoms with van der Waals surface area (Å²) in [5, 5.41) is 11.4. The number of nitrogens with one attached hydrogen (secondary N) is 1. The number of amides is 2. The molecule has 1 rings (SSSR count). The van der Waals surface area contributed by atoms with Crippen LogP contribution in [0, 0.1) is 18.7 Å². The fraction of sp³-hybridized carbons (Fsp3) is 0.467. The molecule has 21 heavy (non-hydrogen) atoms. The molecule has 5 nitrogen and oxygen atoms in total. The number of benzene rings is 1. The maximum Gasteiger partial charge on any atom is 0.317 e. The van der Waals surface area contributed by atoms with E-state index in [1.54, 1.807) is 12.1 Å². The van der Waals surface area contributed by atoms with Crippen molar-refractivity contribution in [3.05, 3.63) is 35.1 Å². The largest absolute Gasteiger partial charge is 0.481 e. The van der Waals surface area contributed by atoms with Crippen LogP contribution in [0.2, 0.25) is 0 Å². The third-order valence-electron chi connectivity index (χ3n) is 3.19. The van der Waals surface area contributed by atoms with E-state index >= 15 is 0 Å². The van der Waals surface area contributed by atoms with Crippen molar-refractivity contribution < 1.29 is 19.1 Å².